The summed E-state index contributed by atoms with van der Waals surface area (Å²) in [5, 5.41) is 2.63. The Morgan fingerprint density at radius 1 is 1.09 bits per heavy atom. The summed E-state index contributed by atoms with van der Waals surface area (Å²) in [6.45, 7) is 17.3. The summed E-state index contributed by atoms with van der Waals surface area (Å²) in [5.74, 6) is 0. The molecular weight excluding hydrogens is 420 g/mol. The predicted octanol–water partition coefficient (Wildman–Crippen LogP) is 5.48. The number of methoxy groups -OCH3 is 1. The van der Waals surface area contributed by atoms with E-state index < -0.39 is 8.32 Å². The highest BCUT2D eigenvalue weighted by molar-refractivity contribution is 6.74. The first-order valence-corrected chi connectivity index (χ1v) is 16.0. The van der Waals surface area contributed by atoms with E-state index in [1.165, 1.54) is 38.5 Å². The van der Waals surface area contributed by atoms with Crippen molar-refractivity contribution in [2.45, 2.75) is 128 Å². The largest absolute Gasteiger partial charge is 0.412 e. The summed E-state index contributed by atoms with van der Waals surface area (Å²) in [7, 11) is -0.106. The third-order valence-electron chi connectivity index (χ3n) is 7.52. The van der Waals surface area contributed by atoms with Gasteiger partial charge in [-0.3, -0.25) is 0 Å². The van der Waals surface area contributed by atoms with Gasteiger partial charge in [-0.25, -0.2) is 10.4 Å². The Labute approximate surface area is 199 Å². The standard InChI is InChI=1S/C25H52N2O4Si/c1-8-9-10-11-14-22(26-27-17-12-13-21(27)20-28-5)23(15-16-24-29-18-19-30-24)31-32(6,7)25(2,3)4/h21-24,26H,8-20H2,1-7H3/t21-,22+,23-/m0/s1. The van der Waals surface area contributed by atoms with E-state index in [-0.39, 0.29) is 17.4 Å². The van der Waals surface area contributed by atoms with E-state index in [0.29, 0.717) is 25.3 Å². The maximum Gasteiger partial charge on any atom is 0.192 e. The van der Waals surface area contributed by atoms with Gasteiger partial charge in [0.15, 0.2) is 14.6 Å². The molecule has 0 unspecified atom stereocenters. The van der Waals surface area contributed by atoms with Crippen LogP contribution < -0.4 is 5.43 Å². The number of hydrogen-bond acceptors (Lipinski definition) is 6. The Morgan fingerprint density at radius 2 is 1.81 bits per heavy atom. The second-order valence-electron chi connectivity index (χ2n) is 11.2. The number of hydrogen-bond donors (Lipinski definition) is 1. The Morgan fingerprint density at radius 3 is 2.44 bits per heavy atom. The number of nitrogens with one attached hydrogen (secondary N) is 1. The van der Waals surface area contributed by atoms with Gasteiger partial charge in [-0.05, 0) is 43.8 Å². The van der Waals surface area contributed by atoms with Crippen LogP contribution in [0.5, 0.6) is 0 Å². The number of nitrogens with zero attached hydrogens (tertiary/aromatic N) is 1. The van der Waals surface area contributed by atoms with E-state index in [4.69, 9.17) is 18.6 Å². The zero-order valence-electron chi connectivity index (χ0n) is 22.1. The highest BCUT2D eigenvalue weighted by Gasteiger charge is 2.41. The van der Waals surface area contributed by atoms with Crippen LogP contribution >= 0.6 is 0 Å². The minimum atomic E-state index is -1.91. The molecule has 2 aliphatic rings. The normalized spacial score (nSPS) is 23.2. The number of ether oxygens (including phenoxy) is 3. The molecule has 0 aliphatic carbocycles. The van der Waals surface area contributed by atoms with Crippen LogP contribution in [0.1, 0.15) is 85.5 Å². The average Bonchev–Trinajstić information content (AvgIpc) is 3.39. The van der Waals surface area contributed by atoms with Crippen molar-refractivity contribution < 1.29 is 18.6 Å². The first kappa shape index (κ1) is 28.2. The smallest absolute Gasteiger partial charge is 0.192 e. The Hall–Kier alpha value is -0.0231. The lowest BCUT2D eigenvalue weighted by atomic mass is 9.99. The Balaban J connectivity index is 2.15. The van der Waals surface area contributed by atoms with Gasteiger partial charge in [-0.15, -0.1) is 0 Å². The van der Waals surface area contributed by atoms with Crippen molar-refractivity contribution in [2.75, 3.05) is 33.5 Å². The highest BCUT2D eigenvalue weighted by atomic mass is 28.4. The van der Waals surface area contributed by atoms with Gasteiger partial charge < -0.3 is 18.6 Å². The third-order valence-corrected chi connectivity index (χ3v) is 12.0. The van der Waals surface area contributed by atoms with Crippen molar-refractivity contribution in [1.29, 1.82) is 0 Å². The van der Waals surface area contributed by atoms with Gasteiger partial charge in [-0.2, -0.15) is 0 Å². The SMILES string of the molecule is CCCCCC[C@@H](NN1CCC[C@H]1COC)[C@H](CCC1OCCO1)O[Si](C)(C)C(C)(C)C. The summed E-state index contributed by atoms with van der Waals surface area (Å²) in [5.41, 5.74) is 3.95. The van der Waals surface area contributed by atoms with Crippen molar-refractivity contribution in [3.8, 4) is 0 Å². The zero-order valence-corrected chi connectivity index (χ0v) is 23.1. The lowest BCUT2D eigenvalue weighted by Crippen LogP contribution is -2.56. The second-order valence-corrected chi connectivity index (χ2v) is 16.0. The Kier molecular flexibility index (Phi) is 12.1. The van der Waals surface area contributed by atoms with Crippen LogP contribution in [0.2, 0.25) is 18.1 Å². The fourth-order valence-electron chi connectivity index (χ4n) is 4.48. The molecule has 0 saturated carbocycles. The number of rotatable bonds is 15. The van der Waals surface area contributed by atoms with E-state index >= 15 is 0 Å². The maximum atomic E-state index is 7.09. The summed E-state index contributed by atoms with van der Waals surface area (Å²) in [6.07, 6.45) is 10.6. The van der Waals surface area contributed by atoms with Crippen LogP contribution in [-0.4, -0.2) is 71.3 Å². The quantitative estimate of drug-likeness (QED) is 0.251. The molecule has 0 amide bonds. The van der Waals surface area contributed by atoms with Gasteiger partial charge in [0.05, 0.1) is 25.9 Å². The van der Waals surface area contributed by atoms with Gasteiger partial charge in [0, 0.05) is 32.2 Å². The highest BCUT2D eigenvalue weighted by Crippen LogP contribution is 2.38. The first-order chi connectivity index (χ1) is 15.2. The molecule has 0 aromatic rings. The fourth-order valence-corrected chi connectivity index (χ4v) is 5.87. The topological polar surface area (TPSA) is 52.2 Å². The second kappa shape index (κ2) is 13.8. The minimum Gasteiger partial charge on any atom is -0.412 e. The van der Waals surface area contributed by atoms with Crippen LogP contribution in [0.15, 0.2) is 0 Å². The van der Waals surface area contributed by atoms with E-state index in [1.54, 1.807) is 0 Å². The van der Waals surface area contributed by atoms with Gasteiger partial charge in [0.25, 0.3) is 0 Å². The van der Waals surface area contributed by atoms with Crippen molar-refractivity contribution >= 4 is 8.32 Å². The molecule has 0 bridgehead atoms. The summed E-state index contributed by atoms with van der Waals surface area (Å²) in [4.78, 5) is 0. The molecule has 190 valence electrons. The summed E-state index contributed by atoms with van der Waals surface area (Å²) in [6, 6.07) is 0.757. The molecule has 32 heavy (non-hydrogen) atoms. The van der Waals surface area contributed by atoms with Crippen LogP contribution in [0.3, 0.4) is 0 Å². The molecule has 7 heteroatoms. The minimum absolute atomic E-state index is 0.0747. The third kappa shape index (κ3) is 8.97. The van der Waals surface area contributed by atoms with Crippen molar-refractivity contribution in [3.63, 3.8) is 0 Å². The van der Waals surface area contributed by atoms with Crippen molar-refractivity contribution in [3.05, 3.63) is 0 Å². The van der Waals surface area contributed by atoms with E-state index in [2.05, 4.69) is 51.2 Å². The van der Waals surface area contributed by atoms with Crippen molar-refractivity contribution in [2.24, 2.45) is 0 Å². The molecule has 6 nitrogen and oxygen atoms in total. The summed E-state index contributed by atoms with van der Waals surface area (Å²) >= 11 is 0. The Bertz CT molecular complexity index is 509. The number of hydrazine groups is 1. The zero-order chi connectivity index (χ0) is 23.6. The molecule has 2 saturated heterocycles. The maximum absolute atomic E-state index is 7.09. The molecule has 2 heterocycles. The molecule has 0 spiro atoms. The molecule has 2 rings (SSSR count). The van der Waals surface area contributed by atoms with Gasteiger partial charge >= 0.3 is 0 Å². The molecule has 0 aromatic heterocycles. The molecular formula is C25H52N2O4Si. The van der Waals surface area contributed by atoms with Crippen LogP contribution in [0.25, 0.3) is 0 Å². The van der Waals surface area contributed by atoms with Crippen molar-refractivity contribution in [1.82, 2.24) is 10.4 Å². The average molecular weight is 473 g/mol. The molecule has 2 aliphatic heterocycles. The predicted molar refractivity (Wildman–Crippen MR) is 134 cm³/mol. The molecule has 0 aromatic carbocycles. The van der Waals surface area contributed by atoms with Gasteiger partial charge in [0.2, 0.25) is 0 Å². The lowest BCUT2D eigenvalue weighted by molar-refractivity contribution is -0.0573. The first-order valence-electron chi connectivity index (χ1n) is 13.1. The van der Waals surface area contributed by atoms with Crippen LogP contribution in [-0.2, 0) is 18.6 Å². The van der Waals surface area contributed by atoms with E-state index in [0.717, 1.165) is 32.4 Å². The molecule has 0 radical (unpaired) electrons. The molecule has 3 atom stereocenters. The van der Waals surface area contributed by atoms with Crippen LogP contribution in [0, 0.1) is 0 Å². The fraction of sp³-hybridized carbons (Fsp3) is 1.00. The summed E-state index contributed by atoms with van der Waals surface area (Å²) < 4.78 is 24.1. The monoisotopic (exact) mass is 472 g/mol. The van der Waals surface area contributed by atoms with Crippen LogP contribution in [0.4, 0.5) is 0 Å². The van der Waals surface area contributed by atoms with Gasteiger partial charge in [0.1, 0.15) is 0 Å². The molecule has 1 N–H and O–H groups in total. The molecule has 2 fully saturated rings. The number of unbranched alkanes of at least 4 members (excludes halogenated alkanes) is 3. The van der Waals surface area contributed by atoms with Gasteiger partial charge in [-0.1, -0.05) is 53.4 Å². The van der Waals surface area contributed by atoms with E-state index in [9.17, 15) is 0 Å². The lowest BCUT2D eigenvalue weighted by Gasteiger charge is -2.43. The van der Waals surface area contributed by atoms with E-state index in [1.807, 2.05) is 7.11 Å².